The quantitative estimate of drug-likeness (QED) is 0.542. The molecule has 2 bridgehead atoms. The lowest BCUT2D eigenvalue weighted by atomic mass is 9.93. The minimum Gasteiger partial charge on any atom is -0.316 e. The van der Waals surface area contributed by atoms with E-state index in [1.54, 1.807) is 0 Å². The predicted molar refractivity (Wildman–Crippen MR) is 41.8 cm³/mol. The molecule has 2 aliphatic heterocycles. The van der Waals surface area contributed by atoms with E-state index in [4.69, 9.17) is 0 Å². The van der Waals surface area contributed by atoms with Crippen molar-refractivity contribution in [1.29, 1.82) is 0 Å². The van der Waals surface area contributed by atoms with Crippen molar-refractivity contribution in [3.05, 3.63) is 0 Å². The Kier molecular flexibility index (Phi) is 1.68. The second-order valence-corrected chi connectivity index (χ2v) is 4.24. The molecule has 2 unspecified atom stereocenters. The molecule has 1 N–H and O–H groups in total. The first kappa shape index (κ1) is 6.05. The molecule has 2 heterocycles. The van der Waals surface area contributed by atoms with E-state index in [9.17, 15) is 0 Å². The summed E-state index contributed by atoms with van der Waals surface area (Å²) in [5, 5.41) is 3.47. The number of fused-ring (bicyclic) bond motifs is 2. The lowest BCUT2D eigenvalue weighted by molar-refractivity contribution is 0.319. The van der Waals surface area contributed by atoms with Gasteiger partial charge in [-0.05, 0) is 42.9 Å². The first-order chi connectivity index (χ1) is 4.45. The summed E-state index contributed by atoms with van der Waals surface area (Å²) in [5.41, 5.74) is 0. The molecule has 9 heavy (non-hydrogen) atoms. The van der Waals surface area contributed by atoms with E-state index < -0.39 is 0 Å². The zero-order chi connectivity index (χ0) is 6.10. The third kappa shape index (κ3) is 1.24. The van der Waals surface area contributed by atoms with Crippen LogP contribution in [0.25, 0.3) is 0 Å². The number of nitrogens with one attached hydrogen (secondary N) is 1. The van der Waals surface area contributed by atoms with Gasteiger partial charge in [0.05, 0.1) is 0 Å². The molecule has 0 aromatic rings. The molecule has 0 amide bonds. The van der Waals surface area contributed by atoms with Gasteiger partial charge in [0.25, 0.3) is 0 Å². The average molecular weight is 143 g/mol. The summed E-state index contributed by atoms with van der Waals surface area (Å²) < 4.78 is 0. The van der Waals surface area contributed by atoms with Gasteiger partial charge in [0.2, 0.25) is 0 Å². The Hall–Kier alpha value is 0.310. The second-order valence-electron chi connectivity index (χ2n) is 3.16. The van der Waals surface area contributed by atoms with Gasteiger partial charge in [-0.25, -0.2) is 0 Å². The van der Waals surface area contributed by atoms with Crippen molar-refractivity contribution >= 4 is 11.8 Å². The Morgan fingerprint density at radius 2 is 1.78 bits per heavy atom. The topological polar surface area (TPSA) is 12.0 Å². The van der Waals surface area contributed by atoms with E-state index in [0.717, 1.165) is 11.8 Å². The minimum absolute atomic E-state index is 1.00. The molecular weight excluding hydrogens is 130 g/mol. The Balaban J connectivity index is 1.96. The molecule has 2 fully saturated rings. The van der Waals surface area contributed by atoms with Crippen molar-refractivity contribution in [2.24, 2.45) is 11.8 Å². The van der Waals surface area contributed by atoms with Crippen molar-refractivity contribution in [1.82, 2.24) is 5.32 Å². The van der Waals surface area contributed by atoms with Crippen molar-refractivity contribution < 1.29 is 0 Å². The van der Waals surface area contributed by atoms with Crippen LogP contribution in [0.15, 0.2) is 0 Å². The first-order valence-corrected chi connectivity index (χ1v) is 4.89. The molecule has 2 saturated heterocycles. The van der Waals surface area contributed by atoms with Crippen LogP contribution in [0.5, 0.6) is 0 Å². The highest BCUT2D eigenvalue weighted by Gasteiger charge is 2.25. The largest absolute Gasteiger partial charge is 0.316 e. The van der Waals surface area contributed by atoms with Crippen LogP contribution in [0.2, 0.25) is 0 Å². The van der Waals surface area contributed by atoms with E-state index >= 15 is 0 Å². The lowest BCUT2D eigenvalue weighted by Crippen LogP contribution is -2.41. The average Bonchev–Trinajstić information content (AvgIpc) is 1.88. The highest BCUT2D eigenvalue weighted by Crippen LogP contribution is 2.29. The van der Waals surface area contributed by atoms with Gasteiger partial charge < -0.3 is 5.32 Å². The molecular formula is C7H13NS. The standard InChI is InChI=1S/C7H13NS/c1-6-2-8-3-7(1)5-9-4-6/h6-8H,1-5H2. The highest BCUT2D eigenvalue weighted by molar-refractivity contribution is 7.99. The Labute approximate surface area is 60.6 Å². The van der Waals surface area contributed by atoms with Gasteiger partial charge in [-0.15, -0.1) is 0 Å². The second kappa shape index (κ2) is 2.51. The van der Waals surface area contributed by atoms with Gasteiger partial charge in [-0.2, -0.15) is 11.8 Å². The summed E-state index contributed by atoms with van der Waals surface area (Å²) in [4.78, 5) is 0. The van der Waals surface area contributed by atoms with Crippen molar-refractivity contribution in [3.8, 4) is 0 Å². The smallest absolute Gasteiger partial charge is 0.00124 e. The van der Waals surface area contributed by atoms with Crippen LogP contribution in [0.3, 0.4) is 0 Å². The summed E-state index contributed by atoms with van der Waals surface area (Å²) in [6.45, 7) is 2.56. The molecule has 0 aromatic carbocycles. The summed E-state index contributed by atoms with van der Waals surface area (Å²) in [6, 6.07) is 0. The van der Waals surface area contributed by atoms with Gasteiger partial charge in [-0.1, -0.05) is 0 Å². The maximum atomic E-state index is 3.47. The predicted octanol–water partition coefficient (Wildman–Crippen LogP) is 0.959. The molecule has 52 valence electrons. The molecule has 2 aliphatic rings. The number of thioether (sulfide) groups is 1. The fourth-order valence-corrected chi connectivity index (χ4v) is 3.10. The van der Waals surface area contributed by atoms with Crippen LogP contribution in [-0.2, 0) is 0 Å². The monoisotopic (exact) mass is 143 g/mol. The molecule has 0 spiro atoms. The molecule has 2 heteroatoms. The molecule has 2 rings (SSSR count). The Bertz CT molecular complexity index is 85.1. The van der Waals surface area contributed by atoms with Crippen molar-refractivity contribution in [2.45, 2.75) is 6.42 Å². The Morgan fingerprint density at radius 3 is 2.33 bits per heavy atom. The van der Waals surface area contributed by atoms with E-state index in [0.29, 0.717) is 0 Å². The zero-order valence-electron chi connectivity index (χ0n) is 5.60. The first-order valence-electron chi connectivity index (χ1n) is 3.73. The van der Waals surface area contributed by atoms with Gasteiger partial charge >= 0.3 is 0 Å². The molecule has 0 aromatic heterocycles. The lowest BCUT2D eigenvalue weighted by Gasteiger charge is -2.34. The zero-order valence-corrected chi connectivity index (χ0v) is 6.41. The molecule has 0 saturated carbocycles. The number of piperidine rings is 1. The van der Waals surface area contributed by atoms with Crippen LogP contribution in [0.4, 0.5) is 0 Å². The van der Waals surface area contributed by atoms with Crippen molar-refractivity contribution in [3.63, 3.8) is 0 Å². The summed E-state index contributed by atoms with van der Waals surface area (Å²) in [5.74, 6) is 4.82. The third-order valence-electron chi connectivity index (χ3n) is 2.24. The van der Waals surface area contributed by atoms with Crippen LogP contribution >= 0.6 is 11.8 Å². The molecule has 1 nitrogen and oxygen atoms in total. The van der Waals surface area contributed by atoms with Crippen LogP contribution in [0, 0.1) is 11.8 Å². The minimum atomic E-state index is 1.00. The number of rotatable bonds is 0. The SMILES string of the molecule is C1NCC2CSCC1C2. The fraction of sp³-hybridized carbons (Fsp3) is 1.00. The van der Waals surface area contributed by atoms with Crippen LogP contribution in [-0.4, -0.2) is 24.6 Å². The van der Waals surface area contributed by atoms with E-state index in [2.05, 4.69) is 17.1 Å². The van der Waals surface area contributed by atoms with Crippen LogP contribution in [0.1, 0.15) is 6.42 Å². The maximum Gasteiger partial charge on any atom is -0.00124 e. The van der Waals surface area contributed by atoms with Crippen molar-refractivity contribution in [2.75, 3.05) is 24.6 Å². The van der Waals surface area contributed by atoms with Gasteiger partial charge in [-0.3, -0.25) is 0 Å². The highest BCUT2D eigenvalue weighted by atomic mass is 32.2. The normalized spacial score (nSPS) is 42.7. The van der Waals surface area contributed by atoms with Gasteiger partial charge in [0.15, 0.2) is 0 Å². The van der Waals surface area contributed by atoms with Gasteiger partial charge in [0.1, 0.15) is 0 Å². The summed E-state index contributed by atoms with van der Waals surface area (Å²) in [7, 11) is 0. The number of hydrogen-bond acceptors (Lipinski definition) is 2. The van der Waals surface area contributed by atoms with E-state index in [1.807, 2.05) is 0 Å². The summed E-state index contributed by atoms with van der Waals surface area (Å²) in [6.07, 6.45) is 1.50. The molecule has 0 aliphatic carbocycles. The fourth-order valence-electron chi connectivity index (χ4n) is 1.78. The molecule has 0 radical (unpaired) electrons. The van der Waals surface area contributed by atoms with Crippen LogP contribution < -0.4 is 5.32 Å². The number of hydrogen-bond donors (Lipinski definition) is 1. The Morgan fingerprint density at radius 1 is 1.11 bits per heavy atom. The van der Waals surface area contributed by atoms with E-state index in [1.165, 1.54) is 31.0 Å². The van der Waals surface area contributed by atoms with Gasteiger partial charge in [0, 0.05) is 0 Å². The van der Waals surface area contributed by atoms with E-state index in [-0.39, 0.29) is 0 Å². The summed E-state index contributed by atoms with van der Waals surface area (Å²) >= 11 is 2.15. The molecule has 2 atom stereocenters. The maximum absolute atomic E-state index is 3.47. The third-order valence-corrected chi connectivity index (χ3v) is 3.65.